The van der Waals surface area contributed by atoms with Gasteiger partial charge in [-0.2, -0.15) is 4.98 Å². The van der Waals surface area contributed by atoms with Gasteiger partial charge in [-0.05, 0) is 27.2 Å². The molecule has 2 aromatic heterocycles. The van der Waals surface area contributed by atoms with Gasteiger partial charge in [-0.25, -0.2) is 0 Å². The quantitative estimate of drug-likeness (QED) is 0.902. The number of aliphatic hydroxyl groups is 1. The minimum atomic E-state index is -0.666. The predicted octanol–water partition coefficient (Wildman–Crippen LogP) is 3.09. The first-order chi connectivity index (χ1) is 8.54. The Balaban J connectivity index is 2.35. The summed E-state index contributed by atoms with van der Waals surface area (Å²) >= 11 is 0. The van der Waals surface area contributed by atoms with E-state index >= 15 is 0 Å². The number of aromatic nitrogens is 2. The third-order valence-electron chi connectivity index (χ3n) is 3.08. The predicted molar refractivity (Wildman–Crippen MR) is 66.1 cm³/mol. The van der Waals surface area contributed by atoms with E-state index in [1.807, 2.05) is 27.7 Å². The van der Waals surface area contributed by atoms with Crippen LogP contribution in [-0.2, 0) is 0 Å². The lowest BCUT2D eigenvalue weighted by Crippen LogP contribution is -1.98. The summed E-state index contributed by atoms with van der Waals surface area (Å²) in [6.45, 7) is 7.71. The summed E-state index contributed by atoms with van der Waals surface area (Å²) in [7, 11) is 0. The molecular weight excluding hydrogens is 232 g/mol. The third-order valence-corrected chi connectivity index (χ3v) is 3.08. The minimum absolute atomic E-state index is 0.338. The normalized spacial score (nSPS) is 12.9. The van der Waals surface area contributed by atoms with Gasteiger partial charge in [0, 0.05) is 5.56 Å². The number of furan rings is 1. The zero-order valence-corrected chi connectivity index (χ0v) is 11.1. The zero-order valence-electron chi connectivity index (χ0n) is 11.1. The van der Waals surface area contributed by atoms with Crippen molar-refractivity contribution in [1.82, 2.24) is 10.1 Å². The molecule has 98 valence electrons. The van der Waals surface area contributed by atoms with Crippen molar-refractivity contribution in [2.45, 2.75) is 46.6 Å². The lowest BCUT2D eigenvalue weighted by atomic mass is 10.1. The molecule has 1 atom stereocenters. The molecule has 5 nitrogen and oxygen atoms in total. The number of hydrogen-bond acceptors (Lipinski definition) is 5. The highest BCUT2D eigenvalue weighted by Gasteiger charge is 2.21. The second-order valence-electron chi connectivity index (χ2n) is 4.48. The fourth-order valence-electron chi connectivity index (χ4n) is 1.98. The smallest absolute Gasteiger partial charge is 0.261 e. The van der Waals surface area contributed by atoms with Crippen molar-refractivity contribution in [2.24, 2.45) is 0 Å². The van der Waals surface area contributed by atoms with Crippen molar-refractivity contribution in [2.75, 3.05) is 0 Å². The van der Waals surface area contributed by atoms with E-state index in [2.05, 4.69) is 10.1 Å². The molecule has 2 rings (SSSR count). The van der Waals surface area contributed by atoms with Crippen LogP contribution >= 0.6 is 0 Å². The standard InChI is InChI=1S/C13H18N2O3/c1-5-6-10(16)12-14-13(18-15-12)11-7(2)8(3)17-9(11)4/h10,16H,5-6H2,1-4H3. The summed E-state index contributed by atoms with van der Waals surface area (Å²) in [5.41, 5.74) is 1.82. The molecule has 0 aliphatic heterocycles. The van der Waals surface area contributed by atoms with Crippen LogP contribution in [0.4, 0.5) is 0 Å². The van der Waals surface area contributed by atoms with Gasteiger partial charge in [-0.3, -0.25) is 0 Å². The molecule has 18 heavy (non-hydrogen) atoms. The molecule has 0 aromatic carbocycles. The molecule has 0 radical (unpaired) electrons. The summed E-state index contributed by atoms with van der Waals surface area (Å²) in [4.78, 5) is 4.25. The van der Waals surface area contributed by atoms with Gasteiger partial charge in [-0.1, -0.05) is 18.5 Å². The molecule has 0 saturated heterocycles. The highest BCUT2D eigenvalue weighted by Crippen LogP contribution is 2.31. The number of aryl methyl sites for hydroxylation is 2. The van der Waals surface area contributed by atoms with Gasteiger partial charge in [0.25, 0.3) is 5.89 Å². The van der Waals surface area contributed by atoms with Crippen LogP contribution < -0.4 is 0 Å². The van der Waals surface area contributed by atoms with Crippen LogP contribution in [0.3, 0.4) is 0 Å². The second-order valence-corrected chi connectivity index (χ2v) is 4.48. The highest BCUT2D eigenvalue weighted by molar-refractivity contribution is 5.61. The Bertz CT molecular complexity index is 542. The number of aliphatic hydroxyl groups excluding tert-OH is 1. The Labute approximate surface area is 106 Å². The van der Waals surface area contributed by atoms with Crippen molar-refractivity contribution in [3.63, 3.8) is 0 Å². The lowest BCUT2D eigenvalue weighted by molar-refractivity contribution is 0.153. The van der Waals surface area contributed by atoms with Gasteiger partial charge in [0.1, 0.15) is 17.6 Å². The Morgan fingerprint density at radius 3 is 2.50 bits per heavy atom. The fraction of sp³-hybridized carbons (Fsp3) is 0.538. The zero-order chi connectivity index (χ0) is 13.3. The van der Waals surface area contributed by atoms with Gasteiger partial charge in [0.15, 0.2) is 0 Å². The molecule has 0 aliphatic carbocycles. The lowest BCUT2D eigenvalue weighted by Gasteiger charge is -2.01. The van der Waals surface area contributed by atoms with E-state index in [4.69, 9.17) is 8.94 Å². The van der Waals surface area contributed by atoms with Crippen molar-refractivity contribution in [3.8, 4) is 11.5 Å². The van der Waals surface area contributed by atoms with Gasteiger partial charge in [0.05, 0.1) is 5.56 Å². The third kappa shape index (κ3) is 2.18. The largest absolute Gasteiger partial charge is 0.466 e. The number of hydrogen-bond donors (Lipinski definition) is 1. The van der Waals surface area contributed by atoms with Gasteiger partial charge < -0.3 is 14.0 Å². The topological polar surface area (TPSA) is 72.3 Å². The van der Waals surface area contributed by atoms with E-state index < -0.39 is 6.10 Å². The van der Waals surface area contributed by atoms with Crippen LogP contribution in [0.5, 0.6) is 0 Å². The van der Waals surface area contributed by atoms with E-state index in [0.717, 1.165) is 29.1 Å². The van der Waals surface area contributed by atoms with E-state index in [1.54, 1.807) is 0 Å². The average molecular weight is 250 g/mol. The first-order valence-electron chi connectivity index (χ1n) is 6.13. The summed E-state index contributed by atoms with van der Waals surface area (Å²) in [5.74, 6) is 2.35. The molecule has 0 saturated carbocycles. The maximum Gasteiger partial charge on any atom is 0.261 e. The SMILES string of the molecule is CCCC(O)c1noc(-c2c(C)oc(C)c2C)n1. The van der Waals surface area contributed by atoms with E-state index in [0.29, 0.717) is 18.1 Å². The molecule has 2 aromatic rings. The summed E-state index contributed by atoms with van der Waals surface area (Å²) in [5, 5.41) is 13.6. The van der Waals surface area contributed by atoms with Gasteiger partial charge in [-0.15, -0.1) is 0 Å². The van der Waals surface area contributed by atoms with Crippen LogP contribution in [0.15, 0.2) is 8.94 Å². The Hall–Kier alpha value is -1.62. The number of nitrogens with zero attached hydrogens (tertiary/aromatic N) is 2. The first kappa shape index (κ1) is 12.8. The van der Waals surface area contributed by atoms with Crippen LogP contribution in [0.1, 0.15) is 48.8 Å². The molecular formula is C13H18N2O3. The fourth-order valence-corrected chi connectivity index (χ4v) is 1.98. The highest BCUT2D eigenvalue weighted by atomic mass is 16.5. The molecule has 0 spiro atoms. The van der Waals surface area contributed by atoms with Gasteiger partial charge in [0.2, 0.25) is 5.82 Å². The van der Waals surface area contributed by atoms with Crippen molar-refractivity contribution in [3.05, 3.63) is 22.9 Å². The molecule has 0 amide bonds. The average Bonchev–Trinajstić information content (AvgIpc) is 2.86. The molecule has 5 heteroatoms. The summed E-state index contributed by atoms with van der Waals surface area (Å²) in [6.07, 6.45) is 0.830. The van der Waals surface area contributed by atoms with Crippen molar-refractivity contribution in [1.29, 1.82) is 0 Å². The summed E-state index contributed by atoms with van der Waals surface area (Å²) in [6, 6.07) is 0. The molecule has 2 heterocycles. The summed E-state index contributed by atoms with van der Waals surface area (Å²) < 4.78 is 10.7. The monoisotopic (exact) mass is 250 g/mol. The van der Waals surface area contributed by atoms with Crippen LogP contribution in [0.25, 0.3) is 11.5 Å². The van der Waals surface area contributed by atoms with E-state index in [1.165, 1.54) is 0 Å². The van der Waals surface area contributed by atoms with Crippen LogP contribution in [-0.4, -0.2) is 15.2 Å². The molecule has 0 aliphatic rings. The molecule has 1 N–H and O–H groups in total. The van der Waals surface area contributed by atoms with E-state index in [-0.39, 0.29) is 0 Å². The molecule has 0 bridgehead atoms. The Kier molecular flexibility index (Phi) is 3.52. The van der Waals surface area contributed by atoms with E-state index in [9.17, 15) is 5.11 Å². The second kappa shape index (κ2) is 4.94. The van der Waals surface area contributed by atoms with Gasteiger partial charge >= 0.3 is 0 Å². The first-order valence-corrected chi connectivity index (χ1v) is 6.13. The van der Waals surface area contributed by atoms with Crippen LogP contribution in [0.2, 0.25) is 0 Å². The Morgan fingerprint density at radius 2 is 1.94 bits per heavy atom. The molecule has 0 fully saturated rings. The van der Waals surface area contributed by atoms with Crippen molar-refractivity contribution >= 4 is 0 Å². The minimum Gasteiger partial charge on any atom is -0.466 e. The number of rotatable bonds is 4. The van der Waals surface area contributed by atoms with Crippen molar-refractivity contribution < 1.29 is 14.0 Å². The maximum atomic E-state index is 9.82. The molecule has 1 unspecified atom stereocenters. The maximum absolute atomic E-state index is 9.82. The van der Waals surface area contributed by atoms with Crippen LogP contribution in [0, 0.1) is 20.8 Å². The Morgan fingerprint density at radius 1 is 1.22 bits per heavy atom.